The van der Waals surface area contributed by atoms with Gasteiger partial charge in [0.2, 0.25) is 0 Å². The smallest absolute Gasteiger partial charge is 0.254 e. The van der Waals surface area contributed by atoms with Gasteiger partial charge in [0.15, 0.2) is 0 Å². The minimum absolute atomic E-state index is 0.0791. The van der Waals surface area contributed by atoms with Gasteiger partial charge in [-0.05, 0) is 37.9 Å². The molecule has 100 valence electrons. The van der Waals surface area contributed by atoms with Crippen LogP contribution in [0.5, 0.6) is 0 Å². The molecule has 5 heteroatoms. The van der Waals surface area contributed by atoms with Gasteiger partial charge in [-0.2, -0.15) is 5.10 Å². The molecular formula is C14H18N4O. The number of H-pyrrole nitrogens is 1. The maximum Gasteiger partial charge on any atom is 0.254 e. The van der Waals surface area contributed by atoms with E-state index >= 15 is 0 Å². The van der Waals surface area contributed by atoms with Gasteiger partial charge in [0.05, 0.1) is 17.3 Å². The molecule has 19 heavy (non-hydrogen) atoms. The summed E-state index contributed by atoms with van der Waals surface area (Å²) in [5.74, 6) is 0.498. The fraction of sp³-hybridized carbons (Fsp3) is 0.429. The topological polar surface area (TPSA) is 75.0 Å². The third-order valence-corrected chi connectivity index (χ3v) is 3.97. The van der Waals surface area contributed by atoms with Gasteiger partial charge >= 0.3 is 0 Å². The third kappa shape index (κ3) is 2.00. The van der Waals surface area contributed by atoms with Crippen molar-refractivity contribution >= 4 is 16.8 Å². The van der Waals surface area contributed by atoms with E-state index in [1.807, 2.05) is 23.1 Å². The maximum absolute atomic E-state index is 12.7. The minimum atomic E-state index is 0.0791. The van der Waals surface area contributed by atoms with E-state index < -0.39 is 0 Å². The van der Waals surface area contributed by atoms with Gasteiger partial charge in [-0.15, -0.1) is 0 Å². The number of nitrogens with zero attached hydrogens (tertiary/aromatic N) is 2. The summed E-state index contributed by atoms with van der Waals surface area (Å²) in [7, 11) is 0. The SMILES string of the molecule is CC1CC(CN)CN1C(=O)c1cccc2[nH]ncc12. The molecule has 1 fully saturated rings. The highest BCUT2D eigenvalue weighted by Crippen LogP contribution is 2.26. The molecule has 2 unspecified atom stereocenters. The van der Waals surface area contributed by atoms with Crippen molar-refractivity contribution in [1.82, 2.24) is 15.1 Å². The van der Waals surface area contributed by atoms with E-state index in [0.29, 0.717) is 12.5 Å². The number of likely N-dealkylation sites (tertiary alicyclic amines) is 1. The molecule has 1 saturated heterocycles. The van der Waals surface area contributed by atoms with E-state index in [4.69, 9.17) is 5.73 Å². The molecule has 0 saturated carbocycles. The van der Waals surface area contributed by atoms with E-state index in [2.05, 4.69) is 17.1 Å². The number of rotatable bonds is 2. The van der Waals surface area contributed by atoms with Crippen LogP contribution in [0, 0.1) is 5.92 Å². The van der Waals surface area contributed by atoms with Crippen LogP contribution in [0.3, 0.4) is 0 Å². The Balaban J connectivity index is 1.94. The monoisotopic (exact) mass is 258 g/mol. The summed E-state index contributed by atoms with van der Waals surface area (Å²) in [5.41, 5.74) is 7.33. The number of nitrogens with one attached hydrogen (secondary N) is 1. The Bertz CT molecular complexity index is 606. The summed E-state index contributed by atoms with van der Waals surface area (Å²) in [5, 5.41) is 7.79. The lowest BCUT2D eigenvalue weighted by molar-refractivity contribution is 0.0745. The number of carbonyl (C=O) groups excluding carboxylic acids is 1. The Kier molecular flexibility index (Phi) is 2.98. The lowest BCUT2D eigenvalue weighted by Crippen LogP contribution is -2.34. The average Bonchev–Trinajstić information content (AvgIpc) is 3.03. The zero-order valence-corrected chi connectivity index (χ0v) is 11.0. The van der Waals surface area contributed by atoms with Crippen molar-refractivity contribution in [2.24, 2.45) is 11.7 Å². The highest BCUT2D eigenvalue weighted by molar-refractivity contribution is 6.06. The summed E-state index contributed by atoms with van der Waals surface area (Å²) in [6.07, 6.45) is 2.70. The second kappa shape index (κ2) is 4.66. The first-order valence-corrected chi connectivity index (χ1v) is 6.64. The number of hydrogen-bond donors (Lipinski definition) is 2. The summed E-state index contributed by atoms with van der Waals surface area (Å²) < 4.78 is 0. The predicted molar refractivity (Wildman–Crippen MR) is 73.8 cm³/mol. The summed E-state index contributed by atoms with van der Waals surface area (Å²) in [4.78, 5) is 14.6. The highest BCUT2D eigenvalue weighted by atomic mass is 16.2. The van der Waals surface area contributed by atoms with Crippen molar-refractivity contribution in [1.29, 1.82) is 0 Å². The van der Waals surface area contributed by atoms with Crippen LogP contribution in [-0.2, 0) is 0 Å². The summed E-state index contributed by atoms with van der Waals surface area (Å²) in [6.45, 7) is 3.48. The third-order valence-electron chi connectivity index (χ3n) is 3.97. The molecule has 1 amide bonds. The predicted octanol–water partition coefficient (Wildman–Crippen LogP) is 1.37. The molecule has 2 atom stereocenters. The Morgan fingerprint density at radius 2 is 2.42 bits per heavy atom. The van der Waals surface area contributed by atoms with E-state index in [1.165, 1.54) is 0 Å². The Hall–Kier alpha value is -1.88. The number of amides is 1. The van der Waals surface area contributed by atoms with Crippen LogP contribution < -0.4 is 5.73 Å². The van der Waals surface area contributed by atoms with Crippen LogP contribution in [0.1, 0.15) is 23.7 Å². The largest absolute Gasteiger partial charge is 0.336 e. The molecule has 3 rings (SSSR count). The Morgan fingerprint density at radius 3 is 3.16 bits per heavy atom. The van der Waals surface area contributed by atoms with E-state index in [1.54, 1.807) is 6.20 Å². The summed E-state index contributed by atoms with van der Waals surface area (Å²) in [6, 6.07) is 5.93. The highest BCUT2D eigenvalue weighted by Gasteiger charge is 2.32. The Labute approximate surface area is 111 Å². The molecule has 0 spiro atoms. The zero-order chi connectivity index (χ0) is 13.4. The van der Waals surface area contributed by atoms with Crippen LogP contribution in [-0.4, -0.2) is 40.1 Å². The molecule has 2 aromatic rings. The minimum Gasteiger partial charge on any atom is -0.336 e. The quantitative estimate of drug-likeness (QED) is 0.854. The van der Waals surface area contributed by atoms with E-state index in [-0.39, 0.29) is 11.9 Å². The maximum atomic E-state index is 12.7. The fourth-order valence-electron chi connectivity index (χ4n) is 2.91. The van der Waals surface area contributed by atoms with Crippen LogP contribution in [0.4, 0.5) is 0 Å². The molecule has 0 radical (unpaired) electrons. The first kappa shape index (κ1) is 12.2. The normalized spacial score (nSPS) is 23.2. The molecule has 3 N–H and O–H groups in total. The molecule has 1 aromatic heterocycles. The van der Waals surface area contributed by atoms with E-state index in [0.717, 1.165) is 29.4 Å². The van der Waals surface area contributed by atoms with Crippen molar-refractivity contribution in [2.75, 3.05) is 13.1 Å². The van der Waals surface area contributed by atoms with Crippen LogP contribution in [0.15, 0.2) is 24.4 Å². The van der Waals surface area contributed by atoms with Crippen molar-refractivity contribution < 1.29 is 4.79 Å². The second-order valence-electron chi connectivity index (χ2n) is 5.28. The standard InChI is InChI=1S/C14H18N4O/c1-9-5-10(6-15)8-18(9)14(19)11-3-2-4-13-12(11)7-16-17-13/h2-4,7,9-10H,5-6,8,15H2,1H3,(H,16,17). The van der Waals surface area contributed by atoms with Gasteiger partial charge in [-0.3, -0.25) is 9.89 Å². The number of aromatic nitrogens is 2. The van der Waals surface area contributed by atoms with Gasteiger partial charge < -0.3 is 10.6 Å². The Morgan fingerprint density at radius 1 is 1.58 bits per heavy atom. The van der Waals surface area contributed by atoms with Crippen LogP contribution in [0.25, 0.3) is 10.9 Å². The molecule has 1 aliphatic heterocycles. The van der Waals surface area contributed by atoms with Gasteiger partial charge in [-0.25, -0.2) is 0 Å². The number of fused-ring (bicyclic) bond motifs is 1. The lowest BCUT2D eigenvalue weighted by atomic mass is 10.1. The molecule has 0 bridgehead atoms. The van der Waals surface area contributed by atoms with Gasteiger partial charge in [0, 0.05) is 18.0 Å². The average molecular weight is 258 g/mol. The molecule has 0 aliphatic carbocycles. The van der Waals surface area contributed by atoms with Crippen molar-refractivity contribution in [3.63, 3.8) is 0 Å². The van der Waals surface area contributed by atoms with Crippen molar-refractivity contribution in [3.05, 3.63) is 30.0 Å². The number of benzene rings is 1. The van der Waals surface area contributed by atoms with Crippen LogP contribution >= 0.6 is 0 Å². The molecule has 1 aliphatic rings. The molecular weight excluding hydrogens is 240 g/mol. The number of carbonyl (C=O) groups is 1. The number of hydrogen-bond acceptors (Lipinski definition) is 3. The van der Waals surface area contributed by atoms with Gasteiger partial charge in [0.1, 0.15) is 0 Å². The molecule has 2 heterocycles. The van der Waals surface area contributed by atoms with E-state index in [9.17, 15) is 4.79 Å². The molecule has 1 aromatic carbocycles. The van der Waals surface area contributed by atoms with Gasteiger partial charge in [-0.1, -0.05) is 6.07 Å². The lowest BCUT2D eigenvalue weighted by Gasteiger charge is -2.21. The van der Waals surface area contributed by atoms with Crippen LogP contribution in [0.2, 0.25) is 0 Å². The second-order valence-corrected chi connectivity index (χ2v) is 5.28. The fourth-order valence-corrected chi connectivity index (χ4v) is 2.91. The van der Waals surface area contributed by atoms with Crippen molar-refractivity contribution in [2.45, 2.75) is 19.4 Å². The number of aromatic amines is 1. The first-order chi connectivity index (χ1) is 9.20. The number of nitrogens with two attached hydrogens (primary N) is 1. The molecule has 5 nitrogen and oxygen atoms in total. The van der Waals surface area contributed by atoms with Gasteiger partial charge in [0.25, 0.3) is 5.91 Å². The summed E-state index contributed by atoms with van der Waals surface area (Å²) >= 11 is 0. The first-order valence-electron chi connectivity index (χ1n) is 6.64. The van der Waals surface area contributed by atoms with Crippen molar-refractivity contribution in [3.8, 4) is 0 Å². The zero-order valence-electron chi connectivity index (χ0n) is 11.0.